The van der Waals surface area contributed by atoms with E-state index >= 15 is 0 Å². The average molecular weight is 184 g/mol. The van der Waals surface area contributed by atoms with Gasteiger partial charge in [0.25, 0.3) is 0 Å². The van der Waals surface area contributed by atoms with Gasteiger partial charge < -0.3 is 10.2 Å². The van der Waals surface area contributed by atoms with Crippen molar-refractivity contribution in [3.63, 3.8) is 0 Å². The molecular formula is C9H12O4. The Morgan fingerprint density at radius 1 is 1.31 bits per heavy atom. The summed E-state index contributed by atoms with van der Waals surface area (Å²) in [6.07, 6.45) is 1.72. The molecule has 0 saturated carbocycles. The van der Waals surface area contributed by atoms with Gasteiger partial charge in [-0.15, -0.1) is 0 Å². The van der Waals surface area contributed by atoms with Gasteiger partial charge in [0.05, 0.1) is 11.8 Å². The molecule has 0 aromatic carbocycles. The predicted octanol–water partition coefficient (Wildman–Crippen LogP) is 0.984. The van der Waals surface area contributed by atoms with E-state index in [2.05, 4.69) is 0 Å². The lowest BCUT2D eigenvalue weighted by Gasteiger charge is -2.07. The van der Waals surface area contributed by atoms with Crippen molar-refractivity contribution >= 4 is 11.9 Å². The van der Waals surface area contributed by atoms with Gasteiger partial charge in [0.2, 0.25) is 0 Å². The smallest absolute Gasteiger partial charge is 0.310 e. The van der Waals surface area contributed by atoms with E-state index in [0.29, 0.717) is 0 Å². The Hall–Kier alpha value is -1.32. The molecule has 0 spiro atoms. The Morgan fingerprint density at radius 3 is 2.23 bits per heavy atom. The highest BCUT2D eigenvalue weighted by Crippen LogP contribution is 2.41. The summed E-state index contributed by atoms with van der Waals surface area (Å²) < 4.78 is 0. The summed E-state index contributed by atoms with van der Waals surface area (Å²) in [5.41, 5.74) is 0.738. The van der Waals surface area contributed by atoms with E-state index in [1.165, 1.54) is 0 Å². The van der Waals surface area contributed by atoms with Crippen LogP contribution in [0.1, 0.15) is 13.8 Å². The highest BCUT2D eigenvalue weighted by atomic mass is 16.4. The van der Waals surface area contributed by atoms with E-state index in [9.17, 15) is 9.59 Å². The molecule has 4 nitrogen and oxygen atoms in total. The highest BCUT2D eigenvalue weighted by molar-refractivity contribution is 5.78. The lowest BCUT2D eigenvalue weighted by atomic mass is 9.97. The first-order valence-corrected chi connectivity index (χ1v) is 4.12. The molecule has 3 atom stereocenters. The third kappa shape index (κ3) is 1.88. The van der Waals surface area contributed by atoms with E-state index in [-0.39, 0.29) is 5.92 Å². The Labute approximate surface area is 75.9 Å². The number of aliphatic carboxylic acids is 2. The van der Waals surface area contributed by atoms with Crippen molar-refractivity contribution in [2.24, 2.45) is 17.8 Å². The molecule has 0 bridgehead atoms. The zero-order valence-corrected chi connectivity index (χ0v) is 7.52. The minimum Gasteiger partial charge on any atom is -0.481 e. The molecule has 72 valence electrons. The first-order valence-electron chi connectivity index (χ1n) is 4.12. The summed E-state index contributed by atoms with van der Waals surface area (Å²) in [4.78, 5) is 21.1. The van der Waals surface area contributed by atoms with Gasteiger partial charge in [-0.2, -0.15) is 0 Å². The van der Waals surface area contributed by atoms with Gasteiger partial charge in [0.1, 0.15) is 0 Å². The SMILES string of the molecule is CC(C(=O)O)C1=CC1C(C)C(=O)O. The lowest BCUT2D eigenvalue weighted by Crippen LogP contribution is -2.17. The molecule has 1 aliphatic rings. The van der Waals surface area contributed by atoms with Crippen LogP contribution in [0.15, 0.2) is 11.6 Å². The van der Waals surface area contributed by atoms with E-state index in [1.54, 1.807) is 19.9 Å². The summed E-state index contributed by atoms with van der Waals surface area (Å²) in [5.74, 6) is -2.98. The number of hydrogen-bond acceptors (Lipinski definition) is 2. The zero-order valence-electron chi connectivity index (χ0n) is 7.52. The van der Waals surface area contributed by atoms with Crippen LogP contribution in [0.2, 0.25) is 0 Å². The first kappa shape index (κ1) is 9.77. The molecule has 2 N–H and O–H groups in total. The van der Waals surface area contributed by atoms with Crippen molar-refractivity contribution in [3.05, 3.63) is 11.6 Å². The summed E-state index contributed by atoms with van der Waals surface area (Å²) in [6, 6.07) is 0. The fourth-order valence-electron chi connectivity index (χ4n) is 1.32. The molecule has 3 unspecified atom stereocenters. The number of rotatable bonds is 4. The molecule has 0 aromatic heterocycles. The number of allylic oxidation sites excluding steroid dienone is 1. The number of carboxylic acids is 2. The van der Waals surface area contributed by atoms with E-state index in [4.69, 9.17) is 10.2 Å². The van der Waals surface area contributed by atoms with Crippen LogP contribution < -0.4 is 0 Å². The van der Waals surface area contributed by atoms with Gasteiger partial charge in [-0.3, -0.25) is 9.59 Å². The van der Waals surface area contributed by atoms with Crippen LogP contribution >= 0.6 is 0 Å². The molecule has 0 amide bonds. The topological polar surface area (TPSA) is 74.6 Å². The maximum absolute atomic E-state index is 10.5. The first-order chi connectivity index (χ1) is 5.95. The number of carbonyl (C=O) groups is 2. The van der Waals surface area contributed by atoms with Crippen molar-refractivity contribution < 1.29 is 19.8 Å². The van der Waals surface area contributed by atoms with Gasteiger partial charge >= 0.3 is 11.9 Å². The second-order valence-corrected chi connectivity index (χ2v) is 3.38. The van der Waals surface area contributed by atoms with Crippen LogP contribution in [0.25, 0.3) is 0 Å². The summed E-state index contributed by atoms with van der Waals surface area (Å²) in [7, 11) is 0. The lowest BCUT2D eigenvalue weighted by molar-refractivity contribution is -0.143. The molecule has 4 heteroatoms. The van der Waals surface area contributed by atoms with Gasteiger partial charge in [-0.05, 0) is 6.92 Å². The molecule has 0 saturated heterocycles. The molecule has 0 fully saturated rings. The van der Waals surface area contributed by atoms with Crippen LogP contribution in [0, 0.1) is 17.8 Å². The number of hydrogen-bond donors (Lipinski definition) is 2. The molecule has 1 aliphatic carbocycles. The average Bonchev–Trinajstić information content (AvgIpc) is 2.80. The Bertz CT molecular complexity index is 279. The van der Waals surface area contributed by atoms with Crippen molar-refractivity contribution in [1.82, 2.24) is 0 Å². The largest absolute Gasteiger partial charge is 0.481 e. The second kappa shape index (κ2) is 3.20. The number of carboxylic acid groups (broad SMARTS) is 2. The maximum atomic E-state index is 10.5. The Kier molecular flexibility index (Phi) is 2.40. The van der Waals surface area contributed by atoms with E-state index in [0.717, 1.165) is 5.57 Å². The predicted molar refractivity (Wildman–Crippen MR) is 45.2 cm³/mol. The van der Waals surface area contributed by atoms with Crippen LogP contribution in [-0.2, 0) is 9.59 Å². The van der Waals surface area contributed by atoms with Crippen LogP contribution in [0.4, 0.5) is 0 Å². The molecule has 0 heterocycles. The minimum atomic E-state index is -0.897. The normalized spacial score (nSPS) is 24.5. The van der Waals surface area contributed by atoms with E-state index < -0.39 is 23.8 Å². The molecule has 0 aliphatic heterocycles. The highest BCUT2D eigenvalue weighted by Gasteiger charge is 2.39. The van der Waals surface area contributed by atoms with Crippen molar-refractivity contribution in [2.75, 3.05) is 0 Å². The fraction of sp³-hybridized carbons (Fsp3) is 0.556. The van der Waals surface area contributed by atoms with Crippen LogP contribution in [-0.4, -0.2) is 22.2 Å². The van der Waals surface area contributed by atoms with Gasteiger partial charge in [-0.1, -0.05) is 18.6 Å². The molecule has 0 radical (unpaired) electrons. The van der Waals surface area contributed by atoms with Crippen molar-refractivity contribution in [3.8, 4) is 0 Å². The minimum absolute atomic E-state index is 0.149. The summed E-state index contributed by atoms with van der Waals surface area (Å²) >= 11 is 0. The molecule has 1 rings (SSSR count). The Balaban J connectivity index is 2.50. The van der Waals surface area contributed by atoms with Crippen molar-refractivity contribution in [1.29, 1.82) is 0 Å². The molecule has 0 aromatic rings. The van der Waals surface area contributed by atoms with Crippen LogP contribution in [0.3, 0.4) is 0 Å². The van der Waals surface area contributed by atoms with Gasteiger partial charge in [0, 0.05) is 5.92 Å². The summed E-state index contributed by atoms with van der Waals surface area (Å²) in [6.45, 7) is 3.16. The van der Waals surface area contributed by atoms with Crippen LogP contribution in [0.5, 0.6) is 0 Å². The third-order valence-corrected chi connectivity index (χ3v) is 2.45. The Morgan fingerprint density at radius 2 is 1.85 bits per heavy atom. The maximum Gasteiger partial charge on any atom is 0.310 e. The standard InChI is InChI=1S/C9H12O4/c1-4(8(10)11)6-3-7(6)5(2)9(12)13/h3-6H,1-2H3,(H,10,11)(H,12,13). The molecular weight excluding hydrogens is 172 g/mol. The van der Waals surface area contributed by atoms with E-state index in [1.807, 2.05) is 0 Å². The van der Waals surface area contributed by atoms with Crippen molar-refractivity contribution in [2.45, 2.75) is 13.8 Å². The van der Waals surface area contributed by atoms with Gasteiger partial charge in [-0.25, -0.2) is 0 Å². The molecule has 13 heavy (non-hydrogen) atoms. The summed E-state index contributed by atoms with van der Waals surface area (Å²) in [5, 5.41) is 17.3. The zero-order chi connectivity index (χ0) is 10.2. The second-order valence-electron chi connectivity index (χ2n) is 3.38. The third-order valence-electron chi connectivity index (χ3n) is 2.45. The van der Waals surface area contributed by atoms with Gasteiger partial charge in [0.15, 0.2) is 0 Å². The quantitative estimate of drug-likeness (QED) is 0.639. The fourth-order valence-corrected chi connectivity index (χ4v) is 1.32. The monoisotopic (exact) mass is 184 g/mol.